The Morgan fingerprint density at radius 2 is 2.13 bits per heavy atom. The lowest BCUT2D eigenvalue weighted by Gasteiger charge is -2.20. The van der Waals surface area contributed by atoms with Crippen molar-refractivity contribution >= 4 is 5.91 Å². The average molecular weight is 211 g/mol. The predicted octanol–water partition coefficient (Wildman–Crippen LogP) is 1.74. The molecule has 0 aromatic rings. The summed E-state index contributed by atoms with van der Waals surface area (Å²) in [6.45, 7) is 6.34. The highest BCUT2D eigenvalue weighted by molar-refractivity contribution is 5.78. The molecule has 0 aromatic heterocycles. The first-order chi connectivity index (χ1) is 7.20. The second-order valence-electron chi connectivity index (χ2n) is 4.30. The fourth-order valence-corrected chi connectivity index (χ4v) is 1.60. The van der Waals surface area contributed by atoms with Gasteiger partial charge in [0.25, 0.3) is 0 Å². The van der Waals surface area contributed by atoms with Crippen molar-refractivity contribution in [3.05, 3.63) is 12.2 Å². The zero-order valence-electron chi connectivity index (χ0n) is 9.66. The molecular formula is C12H21NO2. The third-order valence-corrected chi connectivity index (χ3v) is 2.51. The van der Waals surface area contributed by atoms with Crippen molar-refractivity contribution < 1.29 is 9.53 Å². The van der Waals surface area contributed by atoms with E-state index >= 15 is 0 Å². The maximum atomic E-state index is 11.6. The van der Waals surface area contributed by atoms with E-state index in [0.717, 1.165) is 26.1 Å². The van der Waals surface area contributed by atoms with Crippen LogP contribution in [0.5, 0.6) is 0 Å². The van der Waals surface area contributed by atoms with Crippen LogP contribution >= 0.6 is 0 Å². The number of amides is 1. The Hall–Kier alpha value is -0.830. The number of hydrogen-bond acceptors (Lipinski definition) is 2. The molecule has 86 valence electrons. The van der Waals surface area contributed by atoms with Crippen LogP contribution in [0.2, 0.25) is 0 Å². The van der Waals surface area contributed by atoms with Crippen molar-refractivity contribution in [3.8, 4) is 0 Å². The highest BCUT2D eigenvalue weighted by Crippen LogP contribution is 2.14. The van der Waals surface area contributed by atoms with Crippen molar-refractivity contribution in [3.63, 3.8) is 0 Å². The van der Waals surface area contributed by atoms with Gasteiger partial charge in [0.15, 0.2) is 0 Å². The van der Waals surface area contributed by atoms with Gasteiger partial charge in [-0.15, -0.1) is 0 Å². The van der Waals surface area contributed by atoms with Gasteiger partial charge in [-0.05, 0) is 18.8 Å². The third-order valence-electron chi connectivity index (χ3n) is 2.51. The largest absolute Gasteiger partial charge is 0.381 e. The molecule has 0 radical (unpaired) electrons. The van der Waals surface area contributed by atoms with Crippen LogP contribution in [0.25, 0.3) is 0 Å². The van der Waals surface area contributed by atoms with Gasteiger partial charge in [-0.2, -0.15) is 0 Å². The molecule has 1 amide bonds. The molecule has 1 heterocycles. The molecule has 0 spiro atoms. The predicted molar refractivity (Wildman–Crippen MR) is 60.5 cm³/mol. The third kappa shape index (κ3) is 4.98. The lowest BCUT2D eigenvalue weighted by atomic mass is 9.99. The second kappa shape index (κ2) is 6.62. The van der Waals surface area contributed by atoms with E-state index in [9.17, 15) is 4.79 Å². The molecule has 1 saturated heterocycles. The number of ether oxygens (including phenoxy) is 1. The first kappa shape index (κ1) is 12.2. The summed E-state index contributed by atoms with van der Waals surface area (Å²) in [5, 5.41) is 2.93. The summed E-state index contributed by atoms with van der Waals surface area (Å²) < 4.78 is 5.21. The minimum Gasteiger partial charge on any atom is -0.381 e. The van der Waals surface area contributed by atoms with Crippen LogP contribution in [0.3, 0.4) is 0 Å². The van der Waals surface area contributed by atoms with Crippen LogP contribution < -0.4 is 5.32 Å². The number of nitrogens with one attached hydrogen (secondary N) is 1. The molecule has 0 saturated carbocycles. The van der Waals surface area contributed by atoms with E-state index in [4.69, 9.17) is 4.74 Å². The molecule has 1 N–H and O–H groups in total. The molecule has 3 heteroatoms. The van der Waals surface area contributed by atoms with E-state index < -0.39 is 0 Å². The van der Waals surface area contributed by atoms with Gasteiger partial charge in [0.1, 0.15) is 0 Å². The van der Waals surface area contributed by atoms with E-state index in [1.165, 1.54) is 0 Å². The zero-order valence-corrected chi connectivity index (χ0v) is 9.66. The van der Waals surface area contributed by atoms with Crippen molar-refractivity contribution in [2.45, 2.75) is 26.7 Å². The monoisotopic (exact) mass is 211 g/mol. The van der Waals surface area contributed by atoms with Crippen molar-refractivity contribution in [2.24, 2.45) is 11.8 Å². The quantitative estimate of drug-likeness (QED) is 0.719. The van der Waals surface area contributed by atoms with Crippen molar-refractivity contribution in [1.82, 2.24) is 5.32 Å². The highest BCUT2D eigenvalue weighted by atomic mass is 16.5. The van der Waals surface area contributed by atoms with Crippen molar-refractivity contribution in [1.29, 1.82) is 0 Å². The SMILES string of the molecule is CC(C)/C=C/CNC(=O)C1CCOCC1. The van der Waals surface area contributed by atoms with Gasteiger partial charge in [-0.25, -0.2) is 0 Å². The lowest BCUT2D eigenvalue weighted by molar-refractivity contribution is -0.127. The lowest BCUT2D eigenvalue weighted by Crippen LogP contribution is -2.34. The van der Waals surface area contributed by atoms with E-state index in [2.05, 4.69) is 25.2 Å². The summed E-state index contributed by atoms with van der Waals surface area (Å²) in [6, 6.07) is 0. The van der Waals surface area contributed by atoms with E-state index in [-0.39, 0.29) is 11.8 Å². The van der Waals surface area contributed by atoms with Gasteiger partial charge >= 0.3 is 0 Å². The molecule has 0 unspecified atom stereocenters. The smallest absolute Gasteiger partial charge is 0.223 e. The molecule has 15 heavy (non-hydrogen) atoms. The first-order valence-electron chi connectivity index (χ1n) is 5.72. The Morgan fingerprint density at radius 1 is 1.47 bits per heavy atom. The normalized spacial score (nSPS) is 18.6. The maximum absolute atomic E-state index is 11.6. The number of rotatable bonds is 4. The van der Waals surface area contributed by atoms with Gasteiger partial charge in [-0.3, -0.25) is 4.79 Å². The molecule has 1 rings (SSSR count). The summed E-state index contributed by atoms with van der Waals surface area (Å²) in [4.78, 5) is 11.6. The van der Waals surface area contributed by atoms with Crippen LogP contribution in [0.4, 0.5) is 0 Å². The van der Waals surface area contributed by atoms with Crippen LogP contribution in [-0.4, -0.2) is 25.7 Å². The fraction of sp³-hybridized carbons (Fsp3) is 0.750. The Kier molecular flexibility index (Phi) is 5.40. The van der Waals surface area contributed by atoms with Crippen LogP contribution in [0, 0.1) is 11.8 Å². The summed E-state index contributed by atoms with van der Waals surface area (Å²) in [5.74, 6) is 0.878. The van der Waals surface area contributed by atoms with E-state index in [1.807, 2.05) is 6.08 Å². The Morgan fingerprint density at radius 3 is 2.73 bits per heavy atom. The number of hydrogen-bond donors (Lipinski definition) is 1. The molecule has 0 aliphatic carbocycles. The summed E-state index contributed by atoms with van der Waals surface area (Å²) in [6.07, 6.45) is 5.84. The molecule has 3 nitrogen and oxygen atoms in total. The summed E-state index contributed by atoms with van der Waals surface area (Å²) in [7, 11) is 0. The van der Waals surface area contributed by atoms with Gasteiger partial charge < -0.3 is 10.1 Å². The second-order valence-corrected chi connectivity index (χ2v) is 4.30. The first-order valence-corrected chi connectivity index (χ1v) is 5.72. The van der Waals surface area contributed by atoms with E-state index in [1.54, 1.807) is 0 Å². The Bertz CT molecular complexity index is 218. The Labute approximate surface area is 91.9 Å². The van der Waals surface area contributed by atoms with Crippen molar-refractivity contribution in [2.75, 3.05) is 19.8 Å². The fourth-order valence-electron chi connectivity index (χ4n) is 1.60. The van der Waals surface area contributed by atoms with Gasteiger partial charge in [0.2, 0.25) is 5.91 Å². The molecule has 1 aliphatic heterocycles. The summed E-state index contributed by atoms with van der Waals surface area (Å²) in [5.41, 5.74) is 0. The molecule has 0 atom stereocenters. The average Bonchev–Trinajstić information content (AvgIpc) is 2.25. The maximum Gasteiger partial charge on any atom is 0.223 e. The van der Waals surface area contributed by atoms with Gasteiger partial charge in [0, 0.05) is 25.7 Å². The molecule has 0 bridgehead atoms. The summed E-state index contributed by atoms with van der Waals surface area (Å²) >= 11 is 0. The number of carbonyl (C=O) groups excluding carboxylic acids is 1. The Balaban J connectivity index is 2.17. The topological polar surface area (TPSA) is 38.3 Å². The van der Waals surface area contributed by atoms with Gasteiger partial charge in [-0.1, -0.05) is 26.0 Å². The zero-order chi connectivity index (χ0) is 11.1. The standard InChI is InChI=1S/C12H21NO2/c1-10(2)4-3-7-13-12(14)11-5-8-15-9-6-11/h3-4,10-11H,5-9H2,1-2H3,(H,13,14)/b4-3+. The minimum atomic E-state index is 0.159. The molecule has 0 aromatic carbocycles. The number of carbonyl (C=O) groups is 1. The van der Waals surface area contributed by atoms with Crippen LogP contribution in [-0.2, 0) is 9.53 Å². The number of allylic oxidation sites excluding steroid dienone is 1. The molecule has 1 aliphatic rings. The van der Waals surface area contributed by atoms with Gasteiger partial charge in [0.05, 0.1) is 0 Å². The molecular weight excluding hydrogens is 190 g/mol. The van der Waals surface area contributed by atoms with Crippen LogP contribution in [0.15, 0.2) is 12.2 Å². The van der Waals surface area contributed by atoms with E-state index in [0.29, 0.717) is 12.5 Å². The highest BCUT2D eigenvalue weighted by Gasteiger charge is 2.20. The minimum absolute atomic E-state index is 0.159. The molecule has 1 fully saturated rings. The van der Waals surface area contributed by atoms with Crippen LogP contribution in [0.1, 0.15) is 26.7 Å².